The quantitative estimate of drug-likeness (QED) is 0.864. The minimum absolute atomic E-state index is 0.728. The summed E-state index contributed by atoms with van der Waals surface area (Å²) in [6.07, 6.45) is 2.90. The number of ether oxygens (including phenoxy) is 1. The zero-order chi connectivity index (χ0) is 14.8. The van der Waals surface area contributed by atoms with E-state index in [1.54, 1.807) is 6.33 Å². The van der Waals surface area contributed by atoms with E-state index in [1.165, 1.54) is 13.0 Å². The molecule has 22 heavy (non-hydrogen) atoms. The van der Waals surface area contributed by atoms with E-state index in [9.17, 15) is 0 Å². The number of nitrogens with zero attached hydrogens (tertiary/aromatic N) is 4. The van der Waals surface area contributed by atoms with Crippen LogP contribution in [0.5, 0.6) is 0 Å². The largest absolute Gasteiger partial charge is 0.381 e. The van der Waals surface area contributed by atoms with Crippen LogP contribution < -0.4 is 4.90 Å². The van der Waals surface area contributed by atoms with Crippen LogP contribution in [0.25, 0.3) is 10.9 Å². The maximum atomic E-state index is 5.48. The van der Waals surface area contributed by atoms with Gasteiger partial charge in [0.1, 0.15) is 12.1 Å². The summed E-state index contributed by atoms with van der Waals surface area (Å²) in [5, 5.41) is 1.16. The Morgan fingerprint density at radius 3 is 2.77 bits per heavy atom. The highest BCUT2D eigenvalue weighted by atomic mass is 16.5. The van der Waals surface area contributed by atoms with E-state index in [-0.39, 0.29) is 0 Å². The fourth-order valence-corrected chi connectivity index (χ4v) is 3.48. The van der Waals surface area contributed by atoms with Crippen molar-refractivity contribution in [2.24, 2.45) is 5.92 Å². The summed E-state index contributed by atoms with van der Waals surface area (Å²) in [5.41, 5.74) is 1.03. The molecule has 2 aliphatic rings. The zero-order valence-corrected chi connectivity index (χ0v) is 12.8. The molecule has 1 aromatic carbocycles. The first kappa shape index (κ1) is 13.9. The van der Waals surface area contributed by atoms with Gasteiger partial charge in [-0.15, -0.1) is 0 Å². The maximum absolute atomic E-state index is 5.48. The summed E-state index contributed by atoms with van der Waals surface area (Å²) in [6, 6.07) is 8.26. The molecule has 5 nitrogen and oxygen atoms in total. The lowest BCUT2D eigenvalue weighted by molar-refractivity contribution is 0.164. The Morgan fingerprint density at radius 1 is 1.09 bits per heavy atom. The monoisotopic (exact) mass is 298 g/mol. The Morgan fingerprint density at radius 2 is 1.95 bits per heavy atom. The van der Waals surface area contributed by atoms with Gasteiger partial charge < -0.3 is 9.64 Å². The molecule has 0 bridgehead atoms. The zero-order valence-electron chi connectivity index (χ0n) is 12.8. The number of hydrogen-bond donors (Lipinski definition) is 0. The van der Waals surface area contributed by atoms with Gasteiger partial charge in [0.2, 0.25) is 0 Å². The molecule has 1 atom stereocenters. The molecule has 3 heterocycles. The van der Waals surface area contributed by atoms with Crippen molar-refractivity contribution in [1.82, 2.24) is 14.9 Å². The third kappa shape index (κ3) is 2.78. The highest BCUT2D eigenvalue weighted by Crippen LogP contribution is 2.24. The summed E-state index contributed by atoms with van der Waals surface area (Å²) in [4.78, 5) is 13.9. The molecule has 2 aliphatic heterocycles. The molecule has 0 N–H and O–H groups in total. The molecule has 5 heteroatoms. The SMILES string of the molecule is c1ccc2c(N3CCN(CC4CCOC4)CC3)ncnc2c1. The standard InChI is InChI=1S/C17H22N4O/c1-2-4-16-15(3-1)17(19-13-18-16)21-8-6-20(7-9-21)11-14-5-10-22-12-14/h1-4,13-14H,5-12H2. The molecule has 2 fully saturated rings. The van der Waals surface area contributed by atoms with Crippen LogP contribution >= 0.6 is 0 Å². The predicted molar refractivity (Wildman–Crippen MR) is 87.1 cm³/mol. The minimum atomic E-state index is 0.728. The predicted octanol–water partition coefficient (Wildman–Crippen LogP) is 1.79. The Kier molecular flexibility index (Phi) is 3.91. The van der Waals surface area contributed by atoms with Gasteiger partial charge in [0.25, 0.3) is 0 Å². The minimum Gasteiger partial charge on any atom is -0.381 e. The second-order valence-electron chi connectivity index (χ2n) is 6.23. The van der Waals surface area contributed by atoms with E-state index in [2.05, 4.69) is 38.0 Å². The van der Waals surface area contributed by atoms with Crippen LogP contribution in [0, 0.1) is 5.92 Å². The Hall–Kier alpha value is -1.72. The van der Waals surface area contributed by atoms with Crippen LogP contribution in [0.15, 0.2) is 30.6 Å². The Balaban J connectivity index is 1.44. The molecule has 0 aliphatic carbocycles. The van der Waals surface area contributed by atoms with Crippen molar-refractivity contribution in [3.8, 4) is 0 Å². The van der Waals surface area contributed by atoms with E-state index in [0.717, 1.165) is 62.0 Å². The first-order chi connectivity index (χ1) is 10.9. The van der Waals surface area contributed by atoms with Gasteiger partial charge in [-0.05, 0) is 24.5 Å². The molecule has 0 amide bonds. The van der Waals surface area contributed by atoms with Gasteiger partial charge in [-0.1, -0.05) is 12.1 Å². The van der Waals surface area contributed by atoms with Crippen molar-refractivity contribution < 1.29 is 4.74 Å². The number of piperazine rings is 1. The second-order valence-corrected chi connectivity index (χ2v) is 6.23. The van der Waals surface area contributed by atoms with Gasteiger partial charge in [-0.3, -0.25) is 4.90 Å². The molecule has 0 radical (unpaired) electrons. The summed E-state index contributed by atoms with van der Waals surface area (Å²) in [6.45, 7) is 7.35. The number of aromatic nitrogens is 2. The van der Waals surface area contributed by atoms with Gasteiger partial charge in [0.05, 0.1) is 12.1 Å². The maximum Gasteiger partial charge on any atom is 0.139 e. The van der Waals surface area contributed by atoms with Crippen molar-refractivity contribution in [3.05, 3.63) is 30.6 Å². The average Bonchev–Trinajstić information content (AvgIpc) is 3.08. The van der Waals surface area contributed by atoms with Gasteiger partial charge in [0.15, 0.2) is 0 Å². The molecule has 2 aromatic rings. The van der Waals surface area contributed by atoms with E-state index in [1.807, 2.05) is 6.07 Å². The van der Waals surface area contributed by atoms with Crippen LogP contribution in [0.4, 0.5) is 5.82 Å². The van der Waals surface area contributed by atoms with Crippen molar-refractivity contribution >= 4 is 16.7 Å². The molecule has 4 rings (SSSR count). The first-order valence-electron chi connectivity index (χ1n) is 8.15. The van der Waals surface area contributed by atoms with Crippen molar-refractivity contribution in [2.45, 2.75) is 6.42 Å². The van der Waals surface area contributed by atoms with Gasteiger partial charge in [-0.2, -0.15) is 0 Å². The van der Waals surface area contributed by atoms with Crippen LogP contribution in [-0.2, 0) is 4.74 Å². The van der Waals surface area contributed by atoms with Crippen LogP contribution in [0.1, 0.15) is 6.42 Å². The lowest BCUT2D eigenvalue weighted by Gasteiger charge is -2.36. The lowest BCUT2D eigenvalue weighted by atomic mass is 10.1. The molecule has 2 saturated heterocycles. The van der Waals surface area contributed by atoms with E-state index in [0.29, 0.717) is 0 Å². The summed E-state index contributed by atoms with van der Waals surface area (Å²) in [5.74, 6) is 1.81. The van der Waals surface area contributed by atoms with E-state index < -0.39 is 0 Å². The van der Waals surface area contributed by atoms with E-state index in [4.69, 9.17) is 4.74 Å². The molecule has 0 spiro atoms. The van der Waals surface area contributed by atoms with Crippen molar-refractivity contribution in [2.75, 3.05) is 50.8 Å². The molecule has 0 saturated carbocycles. The highest BCUT2D eigenvalue weighted by Gasteiger charge is 2.23. The Bertz CT molecular complexity index is 628. The van der Waals surface area contributed by atoms with Gasteiger partial charge in [-0.25, -0.2) is 9.97 Å². The van der Waals surface area contributed by atoms with Gasteiger partial charge >= 0.3 is 0 Å². The summed E-state index contributed by atoms with van der Waals surface area (Å²) >= 11 is 0. The number of hydrogen-bond acceptors (Lipinski definition) is 5. The van der Waals surface area contributed by atoms with Crippen molar-refractivity contribution in [3.63, 3.8) is 0 Å². The number of rotatable bonds is 3. The Labute approximate surface area is 130 Å². The molecular weight excluding hydrogens is 276 g/mol. The van der Waals surface area contributed by atoms with Gasteiger partial charge in [0, 0.05) is 44.7 Å². The molecule has 1 aromatic heterocycles. The summed E-state index contributed by atoms with van der Waals surface area (Å²) in [7, 11) is 0. The van der Waals surface area contributed by atoms with Crippen LogP contribution in [0.2, 0.25) is 0 Å². The third-order valence-electron chi connectivity index (χ3n) is 4.73. The summed E-state index contributed by atoms with van der Waals surface area (Å²) < 4.78 is 5.48. The second kappa shape index (κ2) is 6.18. The smallest absolute Gasteiger partial charge is 0.139 e. The average molecular weight is 298 g/mol. The van der Waals surface area contributed by atoms with Crippen molar-refractivity contribution in [1.29, 1.82) is 0 Å². The fourth-order valence-electron chi connectivity index (χ4n) is 3.48. The lowest BCUT2D eigenvalue weighted by Crippen LogP contribution is -2.48. The van der Waals surface area contributed by atoms with Crippen LogP contribution in [0.3, 0.4) is 0 Å². The third-order valence-corrected chi connectivity index (χ3v) is 4.73. The number of benzene rings is 1. The first-order valence-corrected chi connectivity index (χ1v) is 8.15. The number of anilines is 1. The fraction of sp³-hybridized carbons (Fsp3) is 0.529. The van der Waals surface area contributed by atoms with E-state index >= 15 is 0 Å². The normalized spacial score (nSPS) is 23.3. The number of para-hydroxylation sites is 1. The molecule has 116 valence electrons. The van der Waals surface area contributed by atoms with Crippen LogP contribution in [-0.4, -0.2) is 60.8 Å². The topological polar surface area (TPSA) is 41.5 Å². The molecule has 1 unspecified atom stereocenters. The number of fused-ring (bicyclic) bond motifs is 1. The highest BCUT2D eigenvalue weighted by molar-refractivity contribution is 5.89. The molecular formula is C17H22N4O.